The van der Waals surface area contributed by atoms with E-state index in [1.54, 1.807) is 42.8 Å². The largest absolute Gasteiger partial charge is 0.497 e. The van der Waals surface area contributed by atoms with Crippen LogP contribution in [0.25, 0.3) is 0 Å². The lowest BCUT2D eigenvalue weighted by atomic mass is 10.3. The van der Waals surface area contributed by atoms with E-state index in [0.29, 0.717) is 5.69 Å². The number of carboxylic acid groups (broad SMARTS) is 1. The third-order valence-corrected chi connectivity index (χ3v) is 4.57. The molecule has 0 fully saturated rings. The second-order valence-electron chi connectivity index (χ2n) is 4.02. The van der Waals surface area contributed by atoms with Crippen molar-refractivity contribution in [1.29, 1.82) is 0 Å². The highest BCUT2D eigenvalue weighted by Gasteiger charge is 2.09. The van der Waals surface area contributed by atoms with Gasteiger partial charge in [-0.3, -0.25) is 4.79 Å². The van der Waals surface area contributed by atoms with Crippen molar-refractivity contribution in [1.82, 2.24) is 0 Å². The van der Waals surface area contributed by atoms with Crippen molar-refractivity contribution in [3.05, 3.63) is 40.6 Å². The number of aromatic carboxylic acids is 1. The quantitative estimate of drug-likeness (QED) is 0.799. The minimum Gasteiger partial charge on any atom is -0.497 e. The molecule has 1 aromatic carbocycles. The Kier molecular flexibility index (Phi) is 5.24. The van der Waals surface area contributed by atoms with Crippen molar-refractivity contribution in [3.63, 3.8) is 0 Å². The standard InChI is InChI=1S/C14H13NO4S2/c1-19-10-4-2-9(3-5-10)15-13(16)8-20-11-6-12(14(17)18)21-7-11/h2-7H,8H2,1H3,(H,15,16)(H,17,18). The number of carbonyl (C=O) groups is 2. The summed E-state index contributed by atoms with van der Waals surface area (Å²) in [6.07, 6.45) is 0. The first-order valence-electron chi connectivity index (χ1n) is 5.97. The number of carbonyl (C=O) groups excluding carboxylic acids is 1. The molecule has 0 atom stereocenters. The third kappa shape index (κ3) is 4.51. The minimum absolute atomic E-state index is 0.145. The van der Waals surface area contributed by atoms with Crippen molar-refractivity contribution in [2.75, 3.05) is 18.2 Å². The highest BCUT2D eigenvalue weighted by Crippen LogP contribution is 2.25. The molecule has 1 amide bonds. The van der Waals surface area contributed by atoms with Gasteiger partial charge in [0.1, 0.15) is 10.6 Å². The van der Waals surface area contributed by atoms with Crippen molar-refractivity contribution < 1.29 is 19.4 Å². The van der Waals surface area contributed by atoms with Crippen molar-refractivity contribution in [2.24, 2.45) is 0 Å². The molecule has 110 valence electrons. The first kappa shape index (κ1) is 15.4. The summed E-state index contributed by atoms with van der Waals surface area (Å²) in [7, 11) is 1.58. The fraction of sp³-hybridized carbons (Fsp3) is 0.143. The highest BCUT2D eigenvalue weighted by molar-refractivity contribution is 8.00. The molecule has 0 unspecified atom stereocenters. The van der Waals surface area contributed by atoms with Gasteiger partial charge in [-0.25, -0.2) is 4.79 Å². The molecule has 2 rings (SSSR count). The van der Waals surface area contributed by atoms with E-state index < -0.39 is 5.97 Å². The van der Waals surface area contributed by atoms with Crippen LogP contribution >= 0.6 is 23.1 Å². The zero-order chi connectivity index (χ0) is 15.2. The summed E-state index contributed by atoms with van der Waals surface area (Å²) in [6, 6.07) is 8.61. The molecule has 2 N–H and O–H groups in total. The van der Waals surface area contributed by atoms with Gasteiger partial charge in [0.05, 0.1) is 12.9 Å². The number of benzene rings is 1. The van der Waals surface area contributed by atoms with Gasteiger partial charge < -0.3 is 15.2 Å². The molecule has 2 aromatic rings. The maximum atomic E-state index is 11.8. The average molecular weight is 323 g/mol. The lowest BCUT2D eigenvalue weighted by molar-refractivity contribution is -0.113. The number of nitrogens with one attached hydrogen (secondary N) is 1. The number of ether oxygens (including phenoxy) is 1. The molecule has 1 heterocycles. The Hall–Kier alpha value is -1.99. The summed E-state index contributed by atoms with van der Waals surface area (Å²) in [6.45, 7) is 0. The molecule has 0 aliphatic rings. The molecule has 0 aliphatic heterocycles. The van der Waals surface area contributed by atoms with Crippen LogP contribution in [-0.2, 0) is 4.79 Å². The summed E-state index contributed by atoms with van der Waals surface area (Å²) < 4.78 is 5.04. The SMILES string of the molecule is COc1ccc(NC(=O)CSc2csc(C(=O)O)c2)cc1. The minimum atomic E-state index is -0.950. The van der Waals surface area contributed by atoms with Gasteiger partial charge in [-0.05, 0) is 30.3 Å². The molecule has 0 bridgehead atoms. The van der Waals surface area contributed by atoms with Gasteiger partial charge >= 0.3 is 5.97 Å². The maximum absolute atomic E-state index is 11.8. The molecule has 1 aromatic heterocycles. The normalized spacial score (nSPS) is 10.1. The number of carboxylic acids is 1. The smallest absolute Gasteiger partial charge is 0.345 e. The van der Waals surface area contributed by atoms with E-state index >= 15 is 0 Å². The van der Waals surface area contributed by atoms with E-state index in [1.807, 2.05) is 0 Å². The number of methoxy groups -OCH3 is 1. The summed E-state index contributed by atoms with van der Waals surface area (Å²) in [5, 5.41) is 13.3. The van der Waals surface area contributed by atoms with Gasteiger partial charge in [0.15, 0.2) is 0 Å². The molecule has 0 spiro atoms. The van der Waals surface area contributed by atoms with Crippen molar-refractivity contribution in [2.45, 2.75) is 4.90 Å². The van der Waals surface area contributed by atoms with Crippen molar-refractivity contribution >= 4 is 40.7 Å². The van der Waals surface area contributed by atoms with E-state index in [0.717, 1.165) is 22.0 Å². The summed E-state index contributed by atoms with van der Waals surface area (Å²) in [5.41, 5.74) is 0.693. The van der Waals surface area contributed by atoms with E-state index in [1.165, 1.54) is 11.8 Å². The predicted molar refractivity (Wildman–Crippen MR) is 83.6 cm³/mol. The summed E-state index contributed by atoms with van der Waals surface area (Å²) in [4.78, 5) is 23.6. The van der Waals surface area contributed by atoms with Gasteiger partial charge in [0, 0.05) is 16.0 Å². The van der Waals surface area contributed by atoms with Crippen LogP contribution in [0.4, 0.5) is 5.69 Å². The van der Waals surface area contributed by atoms with Crippen LogP contribution in [-0.4, -0.2) is 29.8 Å². The molecule has 21 heavy (non-hydrogen) atoms. The topological polar surface area (TPSA) is 75.6 Å². The third-order valence-electron chi connectivity index (χ3n) is 2.53. The number of hydrogen-bond donors (Lipinski definition) is 2. The maximum Gasteiger partial charge on any atom is 0.345 e. The average Bonchev–Trinajstić information content (AvgIpc) is 2.95. The van der Waals surface area contributed by atoms with Gasteiger partial charge in [-0.2, -0.15) is 0 Å². The number of thiophene rings is 1. The molecule has 0 saturated heterocycles. The van der Waals surface area contributed by atoms with Crippen LogP contribution in [0.15, 0.2) is 40.6 Å². The molecule has 7 heteroatoms. The zero-order valence-electron chi connectivity index (χ0n) is 11.2. The number of anilines is 1. The Morgan fingerprint density at radius 2 is 2.05 bits per heavy atom. The van der Waals surface area contributed by atoms with E-state index in [2.05, 4.69) is 5.32 Å². The molecule has 5 nitrogen and oxygen atoms in total. The Morgan fingerprint density at radius 1 is 1.33 bits per heavy atom. The molecule has 0 saturated carbocycles. The van der Waals surface area contributed by atoms with Crippen LogP contribution in [0.2, 0.25) is 0 Å². The lowest BCUT2D eigenvalue weighted by Crippen LogP contribution is -2.13. The Labute approximate surface area is 129 Å². The first-order chi connectivity index (χ1) is 10.1. The number of rotatable bonds is 6. The van der Waals surface area contributed by atoms with Gasteiger partial charge in [0.25, 0.3) is 0 Å². The molecule has 0 aliphatic carbocycles. The number of hydrogen-bond acceptors (Lipinski definition) is 5. The lowest BCUT2D eigenvalue weighted by Gasteiger charge is -2.05. The summed E-state index contributed by atoms with van der Waals surface area (Å²) >= 11 is 2.46. The van der Waals surface area contributed by atoms with Crippen LogP contribution in [0.1, 0.15) is 9.67 Å². The van der Waals surface area contributed by atoms with Crippen LogP contribution in [0.3, 0.4) is 0 Å². The van der Waals surface area contributed by atoms with Crippen LogP contribution in [0.5, 0.6) is 5.75 Å². The molecular weight excluding hydrogens is 310 g/mol. The summed E-state index contributed by atoms with van der Waals surface area (Å²) in [5.74, 6) is -0.147. The Balaban J connectivity index is 1.84. The molecular formula is C14H13NO4S2. The predicted octanol–water partition coefficient (Wildman–Crippen LogP) is 3.19. The highest BCUT2D eigenvalue weighted by atomic mass is 32.2. The second kappa shape index (κ2) is 7.14. The van der Waals surface area contributed by atoms with Crippen LogP contribution in [0, 0.1) is 0 Å². The van der Waals surface area contributed by atoms with E-state index in [9.17, 15) is 9.59 Å². The van der Waals surface area contributed by atoms with E-state index in [4.69, 9.17) is 9.84 Å². The fourth-order valence-electron chi connectivity index (χ4n) is 1.53. The number of thioether (sulfide) groups is 1. The first-order valence-corrected chi connectivity index (χ1v) is 7.83. The van der Waals surface area contributed by atoms with Crippen molar-refractivity contribution in [3.8, 4) is 5.75 Å². The van der Waals surface area contributed by atoms with Gasteiger partial charge in [-0.1, -0.05) is 0 Å². The fourth-order valence-corrected chi connectivity index (χ4v) is 3.20. The Bertz CT molecular complexity index is 637. The van der Waals surface area contributed by atoms with E-state index in [-0.39, 0.29) is 16.5 Å². The number of amides is 1. The monoisotopic (exact) mass is 323 g/mol. The second-order valence-corrected chi connectivity index (χ2v) is 5.98. The van der Waals surface area contributed by atoms with Crippen LogP contribution < -0.4 is 10.1 Å². The van der Waals surface area contributed by atoms with Gasteiger partial charge in [0.2, 0.25) is 5.91 Å². The zero-order valence-corrected chi connectivity index (χ0v) is 12.8. The van der Waals surface area contributed by atoms with Gasteiger partial charge in [-0.15, -0.1) is 23.1 Å². The Morgan fingerprint density at radius 3 is 2.62 bits per heavy atom. The molecule has 0 radical (unpaired) electrons.